The zero-order valence-electron chi connectivity index (χ0n) is 30.7. The second kappa shape index (κ2) is 15.3. The average molecular weight is 693 g/mol. The Labute approximate surface area is 297 Å². The van der Waals surface area contributed by atoms with Crippen LogP contribution in [-0.4, -0.2) is 88.5 Å². The van der Waals surface area contributed by atoms with E-state index >= 15 is 0 Å². The summed E-state index contributed by atoms with van der Waals surface area (Å²) in [6, 6.07) is 15.9. The highest BCUT2D eigenvalue weighted by atomic mass is 16.6. The number of amides is 2. The average Bonchev–Trinajstić information content (AvgIpc) is 3.98. The van der Waals surface area contributed by atoms with Gasteiger partial charge in [-0.05, 0) is 129 Å². The molecule has 0 unspecified atom stereocenters. The third-order valence-corrected chi connectivity index (χ3v) is 9.49. The Morgan fingerprint density at radius 1 is 0.640 bits per heavy atom. The van der Waals surface area contributed by atoms with Crippen molar-refractivity contribution >= 4 is 34.9 Å². The van der Waals surface area contributed by atoms with Crippen LogP contribution in [0.4, 0.5) is 32.3 Å². The zero-order valence-corrected chi connectivity index (χ0v) is 30.7. The van der Waals surface area contributed by atoms with Gasteiger partial charge >= 0.3 is 12.2 Å². The molecule has 12 heteroatoms. The summed E-state index contributed by atoms with van der Waals surface area (Å²) in [6.45, 7) is 15.1. The first kappa shape index (κ1) is 37.0. The summed E-state index contributed by atoms with van der Waals surface area (Å²) >= 11 is 0. The van der Waals surface area contributed by atoms with Crippen molar-refractivity contribution in [3.8, 4) is 0 Å². The van der Waals surface area contributed by atoms with Gasteiger partial charge in [-0.25, -0.2) is 9.59 Å². The molecule has 0 radical (unpaired) electrons. The van der Waals surface area contributed by atoms with E-state index in [4.69, 9.17) is 15.2 Å². The molecular formula is C38H56N6O6. The standard InChI is InChI=1S/C19H27N3O4.C19H29N3O2/c1-19(2,3)26-18(23)21(15-6-7-15)16-10-12-20(13-11-16)14-4-8-17(9-5-14)22(24)25;1-19(2,3)24-18(23)22(16-8-9-16)17-10-12-21(13-11-17)15-6-4-14(20)5-7-15/h4-5,8-9,15-16H,6-7,10-13H2,1-3H3;4-7,16-17H,8-13,20H2,1-3H3. The van der Waals surface area contributed by atoms with Gasteiger partial charge in [0, 0.05) is 79.5 Å². The van der Waals surface area contributed by atoms with Crippen LogP contribution in [0.1, 0.15) is 92.9 Å². The summed E-state index contributed by atoms with van der Waals surface area (Å²) in [5.41, 5.74) is 7.94. The number of nitro benzene ring substituents is 1. The van der Waals surface area contributed by atoms with Crippen molar-refractivity contribution < 1.29 is 24.0 Å². The topological polar surface area (TPSA) is 135 Å². The molecule has 0 spiro atoms. The molecule has 2 saturated carbocycles. The number of rotatable bonds is 7. The Morgan fingerprint density at radius 3 is 1.26 bits per heavy atom. The van der Waals surface area contributed by atoms with Gasteiger partial charge in [0.2, 0.25) is 0 Å². The minimum Gasteiger partial charge on any atom is -0.444 e. The van der Waals surface area contributed by atoms with E-state index in [1.54, 1.807) is 24.3 Å². The summed E-state index contributed by atoms with van der Waals surface area (Å²) in [5, 5.41) is 10.8. The molecule has 12 nitrogen and oxygen atoms in total. The van der Waals surface area contributed by atoms with E-state index in [2.05, 4.69) is 21.9 Å². The number of nitrogens with zero attached hydrogens (tertiary/aromatic N) is 5. The lowest BCUT2D eigenvalue weighted by Gasteiger charge is -2.40. The quantitative estimate of drug-likeness (QED) is 0.177. The third kappa shape index (κ3) is 10.4. The van der Waals surface area contributed by atoms with Crippen LogP contribution in [0.15, 0.2) is 48.5 Å². The molecule has 6 rings (SSSR count). The molecule has 50 heavy (non-hydrogen) atoms. The molecular weight excluding hydrogens is 636 g/mol. The molecule has 4 fully saturated rings. The van der Waals surface area contributed by atoms with Crippen molar-refractivity contribution in [2.24, 2.45) is 0 Å². The van der Waals surface area contributed by atoms with Gasteiger partial charge in [-0.15, -0.1) is 0 Å². The number of hydrogen-bond donors (Lipinski definition) is 1. The molecule has 2 aromatic rings. The number of carbonyl (C=O) groups is 2. The van der Waals surface area contributed by atoms with Crippen LogP contribution < -0.4 is 15.5 Å². The maximum absolute atomic E-state index is 12.6. The van der Waals surface area contributed by atoms with Gasteiger partial charge in [-0.2, -0.15) is 0 Å². The lowest BCUT2D eigenvalue weighted by atomic mass is 10.0. The van der Waals surface area contributed by atoms with Crippen molar-refractivity contribution in [2.75, 3.05) is 41.7 Å². The minimum atomic E-state index is -0.482. The number of carbonyl (C=O) groups excluding carboxylic acids is 2. The van der Waals surface area contributed by atoms with Crippen LogP contribution in [0.25, 0.3) is 0 Å². The van der Waals surface area contributed by atoms with Gasteiger partial charge < -0.3 is 34.8 Å². The van der Waals surface area contributed by atoms with E-state index in [1.165, 1.54) is 5.69 Å². The number of anilines is 3. The molecule has 2 saturated heterocycles. The largest absolute Gasteiger partial charge is 0.444 e. The molecule has 2 heterocycles. The number of benzene rings is 2. The normalized spacial score (nSPS) is 18.8. The molecule has 4 aliphatic rings. The Hall–Kier alpha value is -4.22. The van der Waals surface area contributed by atoms with Crippen molar-refractivity contribution in [2.45, 2.75) is 128 Å². The van der Waals surface area contributed by atoms with Crippen molar-refractivity contribution in [3.63, 3.8) is 0 Å². The van der Waals surface area contributed by atoms with Crippen LogP contribution in [0, 0.1) is 10.1 Å². The monoisotopic (exact) mass is 692 g/mol. The lowest BCUT2D eigenvalue weighted by Crippen LogP contribution is -2.50. The number of nitrogen functional groups attached to an aromatic ring is 1. The van der Waals surface area contributed by atoms with Crippen LogP contribution in [0.3, 0.4) is 0 Å². The number of nitrogens with two attached hydrogens (primary N) is 1. The molecule has 274 valence electrons. The molecule has 2 aliphatic heterocycles. The first-order valence-electron chi connectivity index (χ1n) is 18.2. The molecule has 2 N–H and O–H groups in total. The van der Waals surface area contributed by atoms with Gasteiger partial charge in [-0.3, -0.25) is 10.1 Å². The molecule has 0 bridgehead atoms. The van der Waals surface area contributed by atoms with Crippen LogP contribution >= 0.6 is 0 Å². The molecule has 0 aromatic heterocycles. The summed E-state index contributed by atoms with van der Waals surface area (Å²) < 4.78 is 11.2. The van der Waals surface area contributed by atoms with E-state index in [9.17, 15) is 19.7 Å². The van der Waals surface area contributed by atoms with Crippen LogP contribution in [0.5, 0.6) is 0 Å². The number of ether oxygens (including phenoxy) is 2. The molecule has 2 amide bonds. The highest BCUT2D eigenvalue weighted by molar-refractivity contribution is 5.70. The van der Waals surface area contributed by atoms with E-state index in [0.717, 1.165) is 88.9 Å². The number of non-ortho nitro benzene ring substituents is 1. The van der Waals surface area contributed by atoms with Gasteiger partial charge in [0.25, 0.3) is 5.69 Å². The van der Waals surface area contributed by atoms with Gasteiger partial charge in [-0.1, -0.05) is 0 Å². The number of piperidine rings is 2. The first-order valence-corrected chi connectivity index (χ1v) is 18.2. The Morgan fingerprint density at radius 2 is 0.960 bits per heavy atom. The van der Waals surface area contributed by atoms with E-state index < -0.39 is 11.2 Å². The minimum absolute atomic E-state index is 0.105. The second-order valence-corrected chi connectivity index (χ2v) is 16.0. The van der Waals surface area contributed by atoms with Gasteiger partial charge in [0.05, 0.1) is 4.92 Å². The van der Waals surface area contributed by atoms with Crippen molar-refractivity contribution in [1.82, 2.24) is 9.80 Å². The first-order chi connectivity index (χ1) is 23.6. The fourth-order valence-corrected chi connectivity index (χ4v) is 6.80. The van der Waals surface area contributed by atoms with Gasteiger partial charge in [0.1, 0.15) is 11.2 Å². The highest BCUT2D eigenvalue weighted by Crippen LogP contribution is 2.35. The van der Waals surface area contributed by atoms with Crippen molar-refractivity contribution in [1.29, 1.82) is 0 Å². The van der Waals surface area contributed by atoms with Gasteiger partial charge in [0.15, 0.2) is 0 Å². The highest BCUT2D eigenvalue weighted by Gasteiger charge is 2.42. The Bertz CT molecular complexity index is 1450. The molecule has 0 atom stereocenters. The molecule has 2 aliphatic carbocycles. The summed E-state index contributed by atoms with van der Waals surface area (Å²) in [5.74, 6) is 0. The number of nitro groups is 1. The van der Waals surface area contributed by atoms with Crippen LogP contribution in [-0.2, 0) is 9.47 Å². The van der Waals surface area contributed by atoms with Crippen molar-refractivity contribution in [3.05, 3.63) is 58.6 Å². The maximum Gasteiger partial charge on any atom is 0.410 e. The zero-order chi connectivity index (χ0) is 36.2. The predicted molar refractivity (Wildman–Crippen MR) is 197 cm³/mol. The summed E-state index contributed by atoms with van der Waals surface area (Å²) in [6.07, 6.45) is 7.72. The SMILES string of the molecule is CC(C)(C)OC(=O)N(C1CC1)C1CCN(c2ccc(N)cc2)CC1.CC(C)(C)OC(=O)N(C1CC1)C1CCN(c2ccc([N+](=O)[O-])cc2)CC1. The summed E-state index contributed by atoms with van der Waals surface area (Å²) in [7, 11) is 0. The third-order valence-electron chi connectivity index (χ3n) is 9.49. The van der Waals surface area contributed by atoms with E-state index in [-0.39, 0.29) is 34.9 Å². The maximum atomic E-state index is 12.6. The van der Waals surface area contributed by atoms with E-state index in [1.807, 2.05) is 63.5 Å². The fraction of sp³-hybridized carbons (Fsp3) is 0.632. The molecule has 2 aromatic carbocycles. The lowest BCUT2D eigenvalue weighted by molar-refractivity contribution is -0.384. The number of hydrogen-bond acceptors (Lipinski definition) is 9. The smallest absolute Gasteiger partial charge is 0.410 e. The van der Waals surface area contributed by atoms with E-state index in [0.29, 0.717) is 12.1 Å². The Kier molecular flexibility index (Phi) is 11.4. The Balaban J connectivity index is 0.000000195. The predicted octanol–water partition coefficient (Wildman–Crippen LogP) is 7.60. The van der Waals surface area contributed by atoms with Crippen LogP contribution in [0.2, 0.25) is 0 Å². The fourth-order valence-electron chi connectivity index (χ4n) is 6.80. The summed E-state index contributed by atoms with van der Waals surface area (Å²) in [4.78, 5) is 44.2. The second-order valence-electron chi connectivity index (χ2n) is 16.0.